The number of ether oxygens (including phenoxy) is 8. The zero-order valence-corrected chi connectivity index (χ0v) is 28.1. The molecule has 10 N–H and O–H groups in total. The summed E-state index contributed by atoms with van der Waals surface area (Å²) >= 11 is 0. The molecule has 0 aromatic rings. The van der Waals surface area contributed by atoms with Crippen LogP contribution in [-0.2, 0) is 42.7 Å². The van der Waals surface area contributed by atoms with Gasteiger partial charge in [0.1, 0.15) is 73.2 Å². The third-order valence-corrected chi connectivity index (χ3v) is 9.34. The molecule has 0 aromatic heterocycles. The van der Waals surface area contributed by atoms with Gasteiger partial charge in [-0.1, -0.05) is 13.8 Å². The highest BCUT2D eigenvalue weighted by Crippen LogP contribution is 2.36. The Hall–Kier alpha value is -1.21. The molecule has 4 fully saturated rings. The van der Waals surface area contributed by atoms with Crippen molar-refractivity contribution in [3.05, 3.63) is 0 Å². The van der Waals surface area contributed by atoms with Crippen LogP contribution in [0.15, 0.2) is 0 Å². The van der Waals surface area contributed by atoms with Crippen molar-refractivity contribution in [2.24, 2.45) is 5.92 Å². The lowest BCUT2D eigenvalue weighted by Gasteiger charge is -2.50. The first-order valence-corrected chi connectivity index (χ1v) is 16.6. The SMILES string of the molecule is CCCO[C@@H]1OC(C)[C@H](O)[C@@H](O[C@H]2O[C@H](CO)[C@@H](O)C(O)C2O)C1O[C@@H]1OC(CO)[C@H](O)C(O[C@@H]2OC(C)[C@H](O)[C@@H](O)C2C)[C@H]1NC(C)=O. The van der Waals surface area contributed by atoms with Crippen molar-refractivity contribution in [1.82, 2.24) is 5.32 Å². The van der Waals surface area contributed by atoms with Crippen molar-refractivity contribution >= 4 is 5.91 Å². The molecule has 286 valence electrons. The maximum atomic E-state index is 12.5. The average molecular weight is 716 g/mol. The quantitative estimate of drug-likeness (QED) is 0.0907. The van der Waals surface area contributed by atoms with Gasteiger partial charge >= 0.3 is 0 Å². The van der Waals surface area contributed by atoms with E-state index in [4.69, 9.17) is 37.9 Å². The van der Waals surface area contributed by atoms with E-state index in [1.807, 2.05) is 6.92 Å². The molecular formula is C30H53NO18. The molecule has 0 aromatic carbocycles. The fourth-order valence-electron chi connectivity index (χ4n) is 6.35. The first-order valence-electron chi connectivity index (χ1n) is 16.6. The van der Waals surface area contributed by atoms with Crippen molar-refractivity contribution in [2.45, 2.75) is 158 Å². The van der Waals surface area contributed by atoms with Crippen LogP contribution in [0.4, 0.5) is 0 Å². The fourth-order valence-corrected chi connectivity index (χ4v) is 6.35. The number of nitrogens with one attached hydrogen (secondary N) is 1. The summed E-state index contributed by atoms with van der Waals surface area (Å²) in [4.78, 5) is 12.5. The van der Waals surface area contributed by atoms with E-state index in [9.17, 15) is 50.8 Å². The molecule has 0 spiro atoms. The van der Waals surface area contributed by atoms with Crippen molar-refractivity contribution in [3.63, 3.8) is 0 Å². The van der Waals surface area contributed by atoms with Crippen molar-refractivity contribution in [2.75, 3.05) is 19.8 Å². The molecule has 4 heterocycles. The van der Waals surface area contributed by atoms with Crippen molar-refractivity contribution < 1.29 is 88.6 Å². The smallest absolute Gasteiger partial charge is 0.217 e. The van der Waals surface area contributed by atoms with Crippen LogP contribution in [0.25, 0.3) is 0 Å². The van der Waals surface area contributed by atoms with Crippen molar-refractivity contribution in [3.8, 4) is 0 Å². The lowest BCUT2D eigenvalue weighted by molar-refractivity contribution is -0.387. The van der Waals surface area contributed by atoms with Gasteiger partial charge in [0.2, 0.25) is 5.91 Å². The van der Waals surface area contributed by atoms with Crippen LogP contribution in [0.2, 0.25) is 0 Å². The summed E-state index contributed by atoms with van der Waals surface area (Å²) < 4.78 is 47.5. The first kappa shape index (κ1) is 40.6. The molecule has 19 nitrogen and oxygen atoms in total. The van der Waals surface area contributed by atoms with Crippen LogP contribution in [0, 0.1) is 5.92 Å². The molecule has 8 unspecified atom stereocenters. The van der Waals surface area contributed by atoms with Gasteiger partial charge in [-0.3, -0.25) is 4.79 Å². The van der Waals surface area contributed by atoms with Crippen LogP contribution >= 0.6 is 0 Å². The van der Waals surface area contributed by atoms with Gasteiger partial charge in [0.05, 0.1) is 31.5 Å². The zero-order chi connectivity index (χ0) is 36.3. The third kappa shape index (κ3) is 8.88. The van der Waals surface area contributed by atoms with E-state index in [-0.39, 0.29) is 6.61 Å². The van der Waals surface area contributed by atoms with Crippen LogP contribution < -0.4 is 5.32 Å². The standard InChI is InChI=1S/C30H53NO18/c1-6-7-42-30-26(25(19(37)12(4)44-30)48-29-23(41)22(40)20(38)14(8-32)46-29)49-28-16(31-13(5)34)24(21(39)15(9-33)45-28)47-27-10(2)17(35)18(36)11(3)43-27/h10-12,14-30,32-33,35-41H,6-9H2,1-5H3,(H,31,34)/t10?,11?,12?,14-,15?,16-,17+,18+,19+,20-,21+,22?,23?,24?,25-,26?,27+,28+,29-,30-/m1/s1. The van der Waals surface area contributed by atoms with Crippen LogP contribution in [-0.4, -0.2) is 188 Å². The number of carbonyl (C=O) groups excluding carboxylic acids is 1. The molecule has 0 aliphatic carbocycles. The summed E-state index contributed by atoms with van der Waals surface area (Å²) in [6.45, 7) is 6.28. The van der Waals surface area contributed by atoms with E-state index < -0.39 is 142 Å². The van der Waals surface area contributed by atoms with E-state index >= 15 is 0 Å². The van der Waals surface area contributed by atoms with Gasteiger partial charge in [0.15, 0.2) is 25.2 Å². The Morgan fingerprint density at radius 2 is 1.16 bits per heavy atom. The zero-order valence-electron chi connectivity index (χ0n) is 28.1. The minimum atomic E-state index is -1.84. The third-order valence-electron chi connectivity index (χ3n) is 9.34. The van der Waals surface area contributed by atoms with Gasteiger partial charge in [-0.05, 0) is 20.3 Å². The van der Waals surface area contributed by atoms with Crippen molar-refractivity contribution in [1.29, 1.82) is 0 Å². The summed E-state index contributed by atoms with van der Waals surface area (Å²) in [6.07, 6.45) is -25.0. The van der Waals surface area contributed by atoms with E-state index in [1.165, 1.54) is 20.8 Å². The van der Waals surface area contributed by atoms with E-state index in [0.29, 0.717) is 6.42 Å². The molecule has 0 bridgehead atoms. The lowest BCUT2D eigenvalue weighted by Crippen LogP contribution is -2.69. The Bertz CT molecular complexity index is 1040. The highest BCUT2D eigenvalue weighted by molar-refractivity contribution is 5.73. The number of hydrogen-bond acceptors (Lipinski definition) is 18. The summed E-state index contributed by atoms with van der Waals surface area (Å²) in [6, 6.07) is -1.35. The normalized spacial score (nSPS) is 49.4. The number of aliphatic hydroxyl groups excluding tert-OH is 9. The van der Waals surface area contributed by atoms with Gasteiger partial charge in [-0.15, -0.1) is 0 Å². The molecule has 0 saturated carbocycles. The highest BCUT2D eigenvalue weighted by atomic mass is 16.8. The maximum absolute atomic E-state index is 12.5. The molecule has 4 rings (SSSR count). The monoisotopic (exact) mass is 715 g/mol. The summed E-state index contributed by atoms with van der Waals surface area (Å²) in [7, 11) is 0. The Morgan fingerprint density at radius 1 is 0.612 bits per heavy atom. The minimum Gasteiger partial charge on any atom is -0.394 e. The summed E-state index contributed by atoms with van der Waals surface area (Å²) in [5.74, 6) is -1.41. The first-order chi connectivity index (χ1) is 23.1. The van der Waals surface area contributed by atoms with Gasteiger partial charge in [0.25, 0.3) is 0 Å². The van der Waals surface area contributed by atoms with Gasteiger partial charge in [0, 0.05) is 19.4 Å². The number of rotatable bonds is 12. The van der Waals surface area contributed by atoms with E-state index in [1.54, 1.807) is 6.92 Å². The van der Waals surface area contributed by atoms with Gasteiger partial charge < -0.3 is 89.2 Å². The predicted octanol–water partition coefficient (Wildman–Crippen LogP) is -4.84. The Morgan fingerprint density at radius 3 is 1.78 bits per heavy atom. The number of carbonyl (C=O) groups is 1. The van der Waals surface area contributed by atoms with Crippen LogP contribution in [0.1, 0.15) is 41.0 Å². The lowest BCUT2D eigenvalue weighted by atomic mass is 9.91. The average Bonchev–Trinajstić information content (AvgIpc) is 3.07. The number of aliphatic hydroxyl groups is 9. The maximum Gasteiger partial charge on any atom is 0.217 e. The van der Waals surface area contributed by atoms with E-state index in [0.717, 1.165) is 0 Å². The van der Waals surface area contributed by atoms with E-state index in [2.05, 4.69) is 5.32 Å². The summed E-state index contributed by atoms with van der Waals surface area (Å²) in [5, 5.41) is 97.2. The highest BCUT2D eigenvalue weighted by Gasteiger charge is 2.55. The molecule has 49 heavy (non-hydrogen) atoms. The summed E-state index contributed by atoms with van der Waals surface area (Å²) in [5.41, 5.74) is 0. The second-order valence-corrected chi connectivity index (χ2v) is 13.1. The van der Waals surface area contributed by atoms with Gasteiger partial charge in [-0.2, -0.15) is 0 Å². The molecule has 4 aliphatic heterocycles. The molecule has 1 amide bonds. The molecule has 4 aliphatic rings. The Labute approximate surface area is 283 Å². The topological polar surface area (TPSA) is 285 Å². The Balaban J connectivity index is 1.68. The molecular weight excluding hydrogens is 662 g/mol. The Kier molecular flexibility index (Phi) is 14.5. The predicted molar refractivity (Wildman–Crippen MR) is 160 cm³/mol. The second kappa shape index (κ2) is 17.5. The van der Waals surface area contributed by atoms with Crippen LogP contribution in [0.5, 0.6) is 0 Å². The molecule has 4 saturated heterocycles. The number of hydrogen-bond donors (Lipinski definition) is 10. The van der Waals surface area contributed by atoms with Gasteiger partial charge in [-0.25, -0.2) is 0 Å². The molecule has 0 radical (unpaired) electrons. The minimum absolute atomic E-state index is 0.147. The van der Waals surface area contributed by atoms with Crippen LogP contribution in [0.3, 0.4) is 0 Å². The fraction of sp³-hybridized carbons (Fsp3) is 0.967. The second-order valence-electron chi connectivity index (χ2n) is 13.1. The molecule has 20 atom stereocenters. The largest absolute Gasteiger partial charge is 0.394 e. The molecule has 19 heteroatoms. The number of amides is 1.